The minimum absolute atomic E-state index is 0.263. The first-order valence-electron chi connectivity index (χ1n) is 6.72. The van der Waals surface area contributed by atoms with Gasteiger partial charge in [0, 0.05) is 11.5 Å². The average Bonchev–Trinajstić information content (AvgIpc) is 2.89. The van der Waals surface area contributed by atoms with E-state index in [9.17, 15) is 0 Å². The fourth-order valence-electron chi connectivity index (χ4n) is 2.41. The van der Waals surface area contributed by atoms with Crippen LogP contribution in [0.1, 0.15) is 43.6 Å². The number of rotatable bonds is 6. The molecule has 0 radical (unpaired) electrons. The first kappa shape index (κ1) is 13.1. The molecule has 2 atom stereocenters. The molecule has 0 amide bonds. The first-order valence-corrected chi connectivity index (χ1v) is 7.60. The summed E-state index contributed by atoms with van der Waals surface area (Å²) in [5.74, 6) is 0.879. The van der Waals surface area contributed by atoms with Gasteiger partial charge in [0.1, 0.15) is 0 Å². The monoisotopic (exact) mass is 253 g/mol. The number of ether oxygens (including phenoxy) is 1. The van der Waals surface area contributed by atoms with Gasteiger partial charge in [0.15, 0.2) is 0 Å². The van der Waals surface area contributed by atoms with Crippen molar-refractivity contribution in [3.05, 3.63) is 22.4 Å². The van der Waals surface area contributed by atoms with E-state index in [4.69, 9.17) is 4.74 Å². The lowest BCUT2D eigenvalue weighted by molar-refractivity contribution is 0.0625. The smallest absolute Gasteiger partial charge is 0.0888 e. The third kappa shape index (κ3) is 4.41. The summed E-state index contributed by atoms with van der Waals surface area (Å²) in [5.41, 5.74) is 0. The molecule has 0 spiro atoms. The number of thiophene rings is 1. The second-order valence-electron chi connectivity index (χ2n) is 4.88. The Morgan fingerprint density at radius 1 is 1.59 bits per heavy atom. The number of hydrogen-bond donors (Lipinski definition) is 1. The molecule has 0 unspecified atom stereocenters. The van der Waals surface area contributed by atoms with Crippen LogP contribution in [0.25, 0.3) is 0 Å². The molecule has 0 bridgehead atoms. The molecule has 2 rings (SSSR count). The molecule has 0 aliphatic carbocycles. The van der Waals surface area contributed by atoms with Crippen LogP contribution in [0.4, 0.5) is 0 Å². The lowest BCUT2D eigenvalue weighted by Crippen LogP contribution is -2.29. The maximum atomic E-state index is 5.87. The lowest BCUT2D eigenvalue weighted by Gasteiger charge is -2.22. The van der Waals surface area contributed by atoms with E-state index in [-0.39, 0.29) is 6.10 Å². The predicted octanol–water partition coefficient (Wildman–Crippen LogP) is 3.61. The van der Waals surface area contributed by atoms with Gasteiger partial charge in [-0.2, -0.15) is 0 Å². The molecule has 2 heterocycles. The van der Waals surface area contributed by atoms with Gasteiger partial charge in [-0.1, -0.05) is 6.07 Å². The minimum Gasteiger partial charge on any atom is -0.373 e. The summed E-state index contributed by atoms with van der Waals surface area (Å²) in [6.07, 6.45) is 5.51. The van der Waals surface area contributed by atoms with Crippen LogP contribution in [0.2, 0.25) is 0 Å². The van der Waals surface area contributed by atoms with E-state index in [2.05, 4.69) is 29.8 Å². The SMILES string of the molecule is C[C@H](OCCC[C@H]1CCCNC1)c1cccs1. The Bertz CT molecular complexity index is 293. The zero-order valence-corrected chi connectivity index (χ0v) is 11.5. The van der Waals surface area contributed by atoms with Crippen molar-refractivity contribution in [1.82, 2.24) is 5.32 Å². The van der Waals surface area contributed by atoms with Crippen LogP contribution in [-0.4, -0.2) is 19.7 Å². The summed E-state index contributed by atoms with van der Waals surface area (Å²) in [6.45, 7) is 5.46. The maximum absolute atomic E-state index is 5.87. The Labute approximate surface area is 108 Å². The molecule has 1 aromatic rings. The topological polar surface area (TPSA) is 21.3 Å². The van der Waals surface area contributed by atoms with E-state index in [0.29, 0.717) is 0 Å². The van der Waals surface area contributed by atoms with Crippen LogP contribution in [0.15, 0.2) is 17.5 Å². The quantitative estimate of drug-likeness (QED) is 0.782. The van der Waals surface area contributed by atoms with Crippen molar-refractivity contribution in [2.45, 2.75) is 38.7 Å². The summed E-state index contributed by atoms with van der Waals surface area (Å²) < 4.78 is 5.87. The molecule has 1 aliphatic heterocycles. The highest BCUT2D eigenvalue weighted by atomic mass is 32.1. The van der Waals surface area contributed by atoms with Crippen molar-refractivity contribution in [3.8, 4) is 0 Å². The highest BCUT2D eigenvalue weighted by Gasteiger charge is 2.12. The lowest BCUT2D eigenvalue weighted by atomic mass is 9.95. The molecule has 1 saturated heterocycles. The van der Waals surface area contributed by atoms with Gasteiger partial charge in [-0.3, -0.25) is 0 Å². The van der Waals surface area contributed by atoms with E-state index >= 15 is 0 Å². The third-order valence-corrected chi connectivity index (χ3v) is 4.50. The van der Waals surface area contributed by atoms with E-state index in [1.807, 2.05) is 0 Å². The fraction of sp³-hybridized carbons (Fsp3) is 0.714. The van der Waals surface area contributed by atoms with Gasteiger partial charge in [-0.25, -0.2) is 0 Å². The summed E-state index contributed by atoms with van der Waals surface area (Å²) in [5, 5.41) is 5.58. The molecular weight excluding hydrogens is 230 g/mol. The van der Waals surface area contributed by atoms with Crippen LogP contribution in [-0.2, 0) is 4.74 Å². The molecule has 0 aromatic carbocycles. The molecule has 96 valence electrons. The second-order valence-corrected chi connectivity index (χ2v) is 5.86. The zero-order chi connectivity index (χ0) is 11.9. The van der Waals surface area contributed by atoms with E-state index in [1.54, 1.807) is 11.3 Å². The predicted molar refractivity (Wildman–Crippen MR) is 73.5 cm³/mol. The fourth-order valence-corrected chi connectivity index (χ4v) is 3.14. The van der Waals surface area contributed by atoms with Gasteiger partial charge in [-0.15, -0.1) is 11.3 Å². The largest absolute Gasteiger partial charge is 0.373 e. The van der Waals surface area contributed by atoms with Gasteiger partial charge in [0.05, 0.1) is 6.10 Å². The Kier molecular flexibility index (Phi) is 5.49. The number of nitrogens with one attached hydrogen (secondary N) is 1. The standard InChI is InChI=1S/C14H23NOS/c1-12(14-7-4-10-17-14)16-9-3-6-13-5-2-8-15-11-13/h4,7,10,12-13,15H,2-3,5-6,8-9,11H2,1H3/t12-,13+/m0/s1. The summed E-state index contributed by atoms with van der Waals surface area (Å²) in [4.78, 5) is 1.34. The van der Waals surface area contributed by atoms with Crippen molar-refractivity contribution in [2.24, 2.45) is 5.92 Å². The Morgan fingerprint density at radius 3 is 3.24 bits per heavy atom. The summed E-state index contributed by atoms with van der Waals surface area (Å²) in [6, 6.07) is 4.24. The molecule has 1 aliphatic rings. The Hall–Kier alpha value is -0.380. The van der Waals surface area contributed by atoms with Gasteiger partial charge in [-0.05, 0) is 63.1 Å². The van der Waals surface area contributed by atoms with E-state index < -0.39 is 0 Å². The molecule has 1 N–H and O–H groups in total. The zero-order valence-electron chi connectivity index (χ0n) is 10.7. The molecule has 17 heavy (non-hydrogen) atoms. The first-order chi connectivity index (χ1) is 8.36. The van der Waals surface area contributed by atoms with Gasteiger partial charge in [0.25, 0.3) is 0 Å². The van der Waals surface area contributed by atoms with Crippen molar-refractivity contribution in [1.29, 1.82) is 0 Å². The maximum Gasteiger partial charge on any atom is 0.0888 e. The highest BCUT2D eigenvalue weighted by molar-refractivity contribution is 7.10. The van der Waals surface area contributed by atoms with Crippen LogP contribution < -0.4 is 5.32 Å². The normalized spacial score (nSPS) is 22.5. The molecule has 2 nitrogen and oxygen atoms in total. The molecule has 3 heteroatoms. The molecular formula is C14H23NOS. The van der Waals surface area contributed by atoms with Gasteiger partial charge in [0.2, 0.25) is 0 Å². The molecule has 1 aromatic heterocycles. The average molecular weight is 253 g/mol. The second kappa shape index (κ2) is 7.14. The van der Waals surface area contributed by atoms with Crippen molar-refractivity contribution >= 4 is 11.3 Å². The molecule has 0 saturated carbocycles. The third-order valence-electron chi connectivity index (χ3n) is 3.47. The van der Waals surface area contributed by atoms with Crippen LogP contribution in [0.5, 0.6) is 0 Å². The van der Waals surface area contributed by atoms with Crippen molar-refractivity contribution < 1.29 is 4.74 Å². The number of hydrogen-bond acceptors (Lipinski definition) is 3. The highest BCUT2D eigenvalue weighted by Crippen LogP contribution is 2.22. The van der Waals surface area contributed by atoms with Crippen LogP contribution >= 0.6 is 11.3 Å². The molecule has 1 fully saturated rings. The summed E-state index contributed by atoms with van der Waals surface area (Å²) >= 11 is 1.78. The van der Waals surface area contributed by atoms with E-state index in [0.717, 1.165) is 12.5 Å². The van der Waals surface area contributed by atoms with Crippen molar-refractivity contribution in [3.63, 3.8) is 0 Å². The van der Waals surface area contributed by atoms with Crippen LogP contribution in [0.3, 0.4) is 0 Å². The van der Waals surface area contributed by atoms with Gasteiger partial charge < -0.3 is 10.1 Å². The van der Waals surface area contributed by atoms with Crippen LogP contribution in [0, 0.1) is 5.92 Å². The Morgan fingerprint density at radius 2 is 2.53 bits per heavy atom. The Balaban J connectivity index is 1.56. The van der Waals surface area contributed by atoms with Crippen molar-refractivity contribution in [2.75, 3.05) is 19.7 Å². The number of piperidine rings is 1. The minimum atomic E-state index is 0.263. The van der Waals surface area contributed by atoms with E-state index in [1.165, 1.54) is 43.6 Å². The summed E-state index contributed by atoms with van der Waals surface area (Å²) in [7, 11) is 0. The van der Waals surface area contributed by atoms with Gasteiger partial charge >= 0.3 is 0 Å².